The van der Waals surface area contributed by atoms with Gasteiger partial charge in [-0.2, -0.15) is 0 Å². The van der Waals surface area contributed by atoms with Gasteiger partial charge in [0.1, 0.15) is 16.5 Å². The Bertz CT molecular complexity index is 433. The van der Waals surface area contributed by atoms with Gasteiger partial charge in [0.05, 0.1) is 0 Å². The van der Waals surface area contributed by atoms with Crippen molar-refractivity contribution in [3.05, 3.63) is 24.0 Å². The fraction of sp³-hybridized carbons (Fsp3) is 0.222. The summed E-state index contributed by atoms with van der Waals surface area (Å²) in [5.74, 6) is -0.538. The Morgan fingerprint density at radius 2 is 2.40 bits per heavy atom. The molecule has 1 aliphatic rings. The molecule has 0 aliphatic carbocycles. The first-order valence-electron chi connectivity index (χ1n) is 4.26. The lowest BCUT2D eigenvalue weighted by Crippen LogP contribution is -2.17. The summed E-state index contributed by atoms with van der Waals surface area (Å²) in [6.45, 7) is 0. The maximum absolute atomic E-state index is 10.7. The number of rotatable bonds is 2. The molecule has 0 saturated heterocycles. The van der Waals surface area contributed by atoms with Crippen molar-refractivity contribution in [3.8, 4) is 5.75 Å². The number of aromatic nitrogens is 1. The van der Waals surface area contributed by atoms with E-state index < -0.39 is 12.0 Å². The number of aliphatic carboxylic acids is 1. The molecule has 2 heterocycles. The van der Waals surface area contributed by atoms with Crippen molar-refractivity contribution in [1.29, 1.82) is 0 Å². The van der Waals surface area contributed by atoms with Crippen LogP contribution in [-0.2, 0) is 4.79 Å². The Balaban J connectivity index is 2.30. The van der Waals surface area contributed by atoms with Gasteiger partial charge < -0.3 is 10.2 Å². The molecule has 0 aromatic carbocycles. The highest BCUT2D eigenvalue weighted by Gasteiger charge is 2.26. The molecule has 15 heavy (non-hydrogen) atoms. The second kappa shape index (κ2) is 3.90. The summed E-state index contributed by atoms with van der Waals surface area (Å²) >= 11 is 1.29. The van der Waals surface area contributed by atoms with Crippen LogP contribution in [0.5, 0.6) is 5.75 Å². The topological polar surface area (TPSA) is 82.8 Å². The molecule has 2 rings (SSSR count). The molecule has 0 bridgehead atoms. The zero-order valence-corrected chi connectivity index (χ0v) is 8.44. The number of nitrogens with zero attached hydrogens (tertiary/aromatic N) is 2. The number of carboxylic acids is 1. The van der Waals surface area contributed by atoms with Gasteiger partial charge in [-0.3, -0.25) is 9.98 Å². The number of aromatic hydroxyl groups is 1. The van der Waals surface area contributed by atoms with Gasteiger partial charge in [-0.05, 0) is 12.1 Å². The monoisotopic (exact) mass is 224 g/mol. The summed E-state index contributed by atoms with van der Waals surface area (Å²) in [5.41, 5.74) is 0.353. The van der Waals surface area contributed by atoms with Crippen LogP contribution >= 0.6 is 11.8 Å². The zero-order chi connectivity index (χ0) is 10.8. The predicted molar refractivity (Wildman–Crippen MR) is 56.3 cm³/mol. The molecule has 1 aromatic heterocycles. The molecule has 0 amide bonds. The Labute approximate surface area is 89.9 Å². The van der Waals surface area contributed by atoms with Gasteiger partial charge in [-0.1, -0.05) is 0 Å². The highest BCUT2D eigenvalue weighted by molar-refractivity contribution is 8.14. The standard InChI is InChI=1S/C9H8N2O3S/c12-6-2-1-3-10-7(6)8-11-5(4-15-8)9(13)14/h1-3,5,12H,4H2,(H,13,14)/t5-/m0/s1. The zero-order valence-electron chi connectivity index (χ0n) is 7.62. The van der Waals surface area contributed by atoms with Crippen molar-refractivity contribution in [1.82, 2.24) is 4.98 Å². The highest BCUT2D eigenvalue weighted by atomic mass is 32.2. The van der Waals surface area contributed by atoms with E-state index in [1.165, 1.54) is 24.0 Å². The fourth-order valence-corrected chi connectivity index (χ4v) is 2.22. The first kappa shape index (κ1) is 9.97. The van der Waals surface area contributed by atoms with Gasteiger partial charge in [0.2, 0.25) is 0 Å². The van der Waals surface area contributed by atoms with Crippen molar-refractivity contribution in [3.63, 3.8) is 0 Å². The van der Waals surface area contributed by atoms with E-state index in [0.29, 0.717) is 16.5 Å². The van der Waals surface area contributed by atoms with Crippen LogP contribution in [0.15, 0.2) is 23.3 Å². The SMILES string of the molecule is O=C(O)[C@@H]1CSC(c2ncccc2O)=N1. The van der Waals surface area contributed by atoms with Crippen molar-refractivity contribution in [2.75, 3.05) is 5.75 Å². The number of carbonyl (C=O) groups is 1. The van der Waals surface area contributed by atoms with Gasteiger partial charge >= 0.3 is 5.97 Å². The minimum absolute atomic E-state index is 0.0230. The molecular formula is C9H8N2O3S. The number of hydrogen-bond acceptors (Lipinski definition) is 5. The van der Waals surface area contributed by atoms with E-state index in [-0.39, 0.29) is 5.75 Å². The summed E-state index contributed by atoms with van der Waals surface area (Å²) in [5, 5.41) is 18.7. The van der Waals surface area contributed by atoms with Gasteiger partial charge in [0.25, 0.3) is 0 Å². The quantitative estimate of drug-likeness (QED) is 0.774. The van der Waals surface area contributed by atoms with Gasteiger partial charge in [0, 0.05) is 11.9 Å². The van der Waals surface area contributed by atoms with Crippen LogP contribution in [-0.4, -0.2) is 38.0 Å². The molecule has 0 saturated carbocycles. The Morgan fingerprint density at radius 3 is 3.00 bits per heavy atom. The van der Waals surface area contributed by atoms with Crippen molar-refractivity contribution in [2.24, 2.45) is 4.99 Å². The van der Waals surface area contributed by atoms with E-state index in [9.17, 15) is 9.90 Å². The van der Waals surface area contributed by atoms with Crippen LogP contribution in [0, 0.1) is 0 Å². The molecule has 0 radical (unpaired) electrons. The molecule has 0 unspecified atom stereocenters. The Kier molecular flexibility index (Phi) is 2.59. The molecule has 1 atom stereocenters. The van der Waals surface area contributed by atoms with Crippen molar-refractivity contribution in [2.45, 2.75) is 6.04 Å². The molecule has 1 aliphatic heterocycles. The Morgan fingerprint density at radius 1 is 1.60 bits per heavy atom. The van der Waals surface area contributed by atoms with E-state index >= 15 is 0 Å². The van der Waals surface area contributed by atoms with E-state index in [1.54, 1.807) is 6.07 Å². The van der Waals surface area contributed by atoms with E-state index in [2.05, 4.69) is 9.98 Å². The minimum Gasteiger partial charge on any atom is -0.506 e. The average Bonchev–Trinajstić information content (AvgIpc) is 2.67. The number of pyridine rings is 1. The third-order valence-corrected chi connectivity index (χ3v) is 2.98. The first-order chi connectivity index (χ1) is 7.18. The fourth-order valence-electron chi connectivity index (χ4n) is 1.19. The van der Waals surface area contributed by atoms with Crippen LogP contribution in [0.3, 0.4) is 0 Å². The second-order valence-corrected chi connectivity index (χ2v) is 3.98. The van der Waals surface area contributed by atoms with Crippen LogP contribution in [0.25, 0.3) is 0 Å². The third kappa shape index (κ3) is 1.94. The average molecular weight is 224 g/mol. The van der Waals surface area contributed by atoms with E-state index in [0.717, 1.165) is 0 Å². The maximum atomic E-state index is 10.7. The molecule has 0 fully saturated rings. The minimum atomic E-state index is -0.951. The summed E-state index contributed by atoms with van der Waals surface area (Å²) < 4.78 is 0. The van der Waals surface area contributed by atoms with Crippen molar-refractivity contribution < 1.29 is 15.0 Å². The van der Waals surface area contributed by atoms with Crippen LogP contribution < -0.4 is 0 Å². The van der Waals surface area contributed by atoms with Gasteiger partial charge in [-0.15, -0.1) is 11.8 Å². The summed E-state index contributed by atoms with van der Waals surface area (Å²) in [7, 11) is 0. The summed E-state index contributed by atoms with van der Waals surface area (Å²) in [6, 6.07) is 2.37. The second-order valence-electron chi connectivity index (χ2n) is 2.97. The molecule has 2 N–H and O–H groups in total. The van der Waals surface area contributed by atoms with E-state index in [4.69, 9.17) is 5.11 Å². The lowest BCUT2D eigenvalue weighted by atomic mass is 10.3. The summed E-state index contributed by atoms with van der Waals surface area (Å²) in [4.78, 5) is 18.6. The number of hydrogen-bond donors (Lipinski definition) is 2. The smallest absolute Gasteiger partial charge is 0.329 e. The normalized spacial score (nSPS) is 20.0. The number of aliphatic imine (C=N–C) groups is 1. The van der Waals surface area contributed by atoms with Gasteiger partial charge in [-0.25, -0.2) is 4.79 Å². The molecule has 0 spiro atoms. The number of carboxylic acid groups (broad SMARTS) is 1. The Hall–Kier alpha value is -1.56. The third-order valence-electron chi connectivity index (χ3n) is 1.93. The van der Waals surface area contributed by atoms with Crippen LogP contribution in [0.1, 0.15) is 5.69 Å². The first-order valence-corrected chi connectivity index (χ1v) is 5.25. The number of thioether (sulfide) groups is 1. The van der Waals surface area contributed by atoms with E-state index in [1.807, 2.05) is 0 Å². The predicted octanol–water partition coefficient (Wildman–Crippen LogP) is 0.734. The maximum Gasteiger partial charge on any atom is 0.329 e. The molecule has 78 valence electrons. The summed E-state index contributed by atoms with van der Waals surface area (Å²) in [6.07, 6.45) is 1.53. The van der Waals surface area contributed by atoms with Crippen molar-refractivity contribution >= 4 is 22.8 Å². The molecule has 5 nitrogen and oxygen atoms in total. The largest absolute Gasteiger partial charge is 0.506 e. The lowest BCUT2D eigenvalue weighted by Gasteiger charge is -2.00. The van der Waals surface area contributed by atoms with Gasteiger partial charge in [0.15, 0.2) is 6.04 Å². The lowest BCUT2D eigenvalue weighted by molar-refractivity contribution is -0.137. The molecule has 1 aromatic rings. The highest BCUT2D eigenvalue weighted by Crippen LogP contribution is 2.26. The van der Waals surface area contributed by atoms with Crippen LogP contribution in [0.2, 0.25) is 0 Å². The molecular weight excluding hydrogens is 216 g/mol. The van der Waals surface area contributed by atoms with Crippen LogP contribution in [0.4, 0.5) is 0 Å². The molecule has 6 heteroatoms.